The summed E-state index contributed by atoms with van der Waals surface area (Å²) < 4.78 is 11.6. The number of carbonyl (C=O) groups is 1. The number of aliphatic hydroxyl groups is 4. The molecule has 8 nitrogen and oxygen atoms in total. The van der Waals surface area contributed by atoms with E-state index < -0.39 is 53.9 Å². The number of rotatable bonds is 3. The summed E-state index contributed by atoms with van der Waals surface area (Å²) in [5, 5.41) is 49.5. The number of aliphatic hydroxyl groups excluding tert-OH is 3. The Labute approximate surface area is 133 Å². The Hall–Kier alpha value is -0.770. The largest absolute Gasteiger partial charge is 0.481 e. The van der Waals surface area contributed by atoms with Gasteiger partial charge >= 0.3 is 5.97 Å². The second kappa shape index (κ2) is 5.94. The molecular weight excluding hydrogens is 308 g/mol. The van der Waals surface area contributed by atoms with Crippen LogP contribution in [-0.4, -0.2) is 74.9 Å². The maximum Gasteiger partial charge on any atom is 0.306 e. The van der Waals surface area contributed by atoms with E-state index in [2.05, 4.69) is 0 Å². The minimum atomic E-state index is -1.69. The molecule has 132 valence electrons. The zero-order valence-electron chi connectivity index (χ0n) is 12.8. The summed E-state index contributed by atoms with van der Waals surface area (Å²) in [5.41, 5.74) is -1.69. The van der Waals surface area contributed by atoms with Crippen LogP contribution in [0, 0.1) is 17.8 Å². The van der Waals surface area contributed by atoms with Crippen LogP contribution in [0.3, 0.4) is 0 Å². The smallest absolute Gasteiger partial charge is 0.306 e. The molecule has 0 radical (unpaired) electrons. The second-order valence-corrected chi connectivity index (χ2v) is 6.97. The van der Waals surface area contributed by atoms with Gasteiger partial charge in [0.15, 0.2) is 0 Å². The lowest BCUT2D eigenvalue weighted by Crippen LogP contribution is -2.63. The fraction of sp³-hybridized carbons (Fsp3) is 0.933. The molecule has 23 heavy (non-hydrogen) atoms. The normalized spacial score (nSPS) is 50.0. The van der Waals surface area contributed by atoms with Crippen molar-refractivity contribution in [2.24, 2.45) is 17.8 Å². The molecule has 0 aromatic carbocycles. The molecule has 2 heterocycles. The number of hydrogen-bond acceptors (Lipinski definition) is 7. The first kappa shape index (κ1) is 17.1. The summed E-state index contributed by atoms with van der Waals surface area (Å²) in [6.45, 7) is -0.840. The highest BCUT2D eigenvalue weighted by Gasteiger charge is 2.68. The van der Waals surface area contributed by atoms with Crippen molar-refractivity contribution in [3.05, 3.63) is 0 Å². The van der Waals surface area contributed by atoms with Crippen LogP contribution in [0.5, 0.6) is 0 Å². The Balaban J connectivity index is 1.86. The molecule has 0 unspecified atom stereocenters. The van der Waals surface area contributed by atoms with E-state index in [-0.39, 0.29) is 26.1 Å². The van der Waals surface area contributed by atoms with Gasteiger partial charge in [0.25, 0.3) is 0 Å². The maximum absolute atomic E-state index is 11.2. The average molecular weight is 332 g/mol. The van der Waals surface area contributed by atoms with Crippen molar-refractivity contribution in [3.8, 4) is 0 Å². The van der Waals surface area contributed by atoms with E-state index in [9.17, 15) is 30.3 Å². The first-order valence-corrected chi connectivity index (χ1v) is 8.03. The summed E-state index contributed by atoms with van der Waals surface area (Å²) in [5.74, 6) is -3.92. The van der Waals surface area contributed by atoms with Gasteiger partial charge in [0.2, 0.25) is 5.79 Å². The SMILES string of the molecule is O=C(O)[C@H]1CC[C@H]2[C@@H](C1)O[C@@]1(C[C@@H](O)[C@H](CO)CO1)[C@]2(O)CO. The highest BCUT2D eigenvalue weighted by atomic mass is 16.7. The average Bonchev–Trinajstić information content (AvgIpc) is 2.76. The number of hydrogen-bond donors (Lipinski definition) is 5. The molecule has 2 saturated heterocycles. The zero-order valence-corrected chi connectivity index (χ0v) is 12.8. The van der Waals surface area contributed by atoms with Crippen LogP contribution in [0.25, 0.3) is 0 Å². The lowest BCUT2D eigenvalue weighted by molar-refractivity contribution is -0.334. The molecule has 0 bridgehead atoms. The highest BCUT2D eigenvalue weighted by molar-refractivity contribution is 5.70. The van der Waals surface area contributed by atoms with Gasteiger partial charge in [-0.1, -0.05) is 0 Å². The number of aliphatic carboxylic acids is 1. The van der Waals surface area contributed by atoms with Gasteiger partial charge in [-0.15, -0.1) is 0 Å². The summed E-state index contributed by atoms with van der Waals surface area (Å²) in [6, 6.07) is 0. The van der Waals surface area contributed by atoms with Crippen LogP contribution < -0.4 is 0 Å². The van der Waals surface area contributed by atoms with Crippen LogP contribution in [-0.2, 0) is 14.3 Å². The van der Waals surface area contributed by atoms with E-state index in [0.717, 1.165) is 0 Å². The third-order valence-electron chi connectivity index (χ3n) is 5.78. The van der Waals surface area contributed by atoms with Gasteiger partial charge in [0.1, 0.15) is 5.60 Å². The number of fused-ring (bicyclic) bond motifs is 1. The van der Waals surface area contributed by atoms with Crippen molar-refractivity contribution in [2.45, 2.75) is 49.3 Å². The van der Waals surface area contributed by atoms with Gasteiger partial charge in [0, 0.05) is 18.3 Å². The summed E-state index contributed by atoms with van der Waals surface area (Å²) >= 11 is 0. The van der Waals surface area contributed by atoms with Gasteiger partial charge in [-0.25, -0.2) is 0 Å². The van der Waals surface area contributed by atoms with Crippen molar-refractivity contribution >= 4 is 5.97 Å². The van der Waals surface area contributed by atoms with E-state index in [1.165, 1.54) is 0 Å². The second-order valence-electron chi connectivity index (χ2n) is 6.97. The van der Waals surface area contributed by atoms with Crippen LogP contribution in [0.15, 0.2) is 0 Å². The van der Waals surface area contributed by atoms with Crippen molar-refractivity contribution in [1.82, 2.24) is 0 Å². The van der Waals surface area contributed by atoms with Gasteiger partial charge in [-0.3, -0.25) is 4.79 Å². The molecule has 3 aliphatic rings. The lowest BCUT2D eigenvalue weighted by Gasteiger charge is -2.47. The van der Waals surface area contributed by atoms with Crippen LogP contribution >= 0.6 is 0 Å². The minimum absolute atomic E-state index is 0.00176. The van der Waals surface area contributed by atoms with Gasteiger partial charge in [-0.05, 0) is 19.3 Å². The number of carboxylic acid groups (broad SMARTS) is 1. The van der Waals surface area contributed by atoms with Crippen LogP contribution in [0.2, 0.25) is 0 Å². The quantitative estimate of drug-likeness (QED) is 0.430. The third kappa shape index (κ3) is 2.48. The van der Waals surface area contributed by atoms with E-state index in [1.54, 1.807) is 0 Å². The summed E-state index contributed by atoms with van der Waals surface area (Å²) in [4.78, 5) is 11.2. The van der Waals surface area contributed by atoms with Crippen LogP contribution in [0.1, 0.15) is 25.7 Å². The molecule has 3 rings (SSSR count). The molecule has 7 atom stereocenters. The van der Waals surface area contributed by atoms with Crippen molar-refractivity contribution < 1.29 is 39.8 Å². The molecule has 1 aliphatic carbocycles. The molecular formula is C15H24O8. The van der Waals surface area contributed by atoms with Gasteiger partial charge in [-0.2, -0.15) is 0 Å². The van der Waals surface area contributed by atoms with Crippen molar-refractivity contribution in [2.75, 3.05) is 19.8 Å². The molecule has 3 fully saturated rings. The predicted molar refractivity (Wildman–Crippen MR) is 75.3 cm³/mol. The number of carboxylic acids is 1. The Bertz CT molecular complexity index is 470. The standard InChI is InChI=1S/C15H24O8/c16-5-9-6-22-15(4-11(9)18)14(21,7-17)10-2-1-8(13(19)20)3-12(10)23-15/h8-12,16-18,21H,1-7H2,(H,19,20)/t8-,9+,10-,11+,12+,14-,15-/m0/s1. The molecule has 0 amide bonds. The van der Waals surface area contributed by atoms with Crippen molar-refractivity contribution in [3.63, 3.8) is 0 Å². The van der Waals surface area contributed by atoms with E-state index >= 15 is 0 Å². The first-order chi connectivity index (χ1) is 10.9. The van der Waals surface area contributed by atoms with Crippen molar-refractivity contribution in [1.29, 1.82) is 0 Å². The molecule has 5 N–H and O–H groups in total. The Morgan fingerprint density at radius 2 is 2.00 bits per heavy atom. The van der Waals surface area contributed by atoms with Gasteiger partial charge < -0.3 is 35.0 Å². The molecule has 0 aromatic heterocycles. The van der Waals surface area contributed by atoms with E-state index in [1.807, 2.05) is 0 Å². The maximum atomic E-state index is 11.2. The first-order valence-electron chi connectivity index (χ1n) is 8.03. The Morgan fingerprint density at radius 1 is 1.26 bits per heavy atom. The molecule has 8 heteroatoms. The number of ether oxygens (including phenoxy) is 2. The van der Waals surface area contributed by atoms with Gasteiger partial charge in [0.05, 0.1) is 37.9 Å². The molecule has 1 saturated carbocycles. The lowest BCUT2D eigenvalue weighted by atomic mass is 9.70. The van der Waals surface area contributed by atoms with E-state index in [4.69, 9.17) is 9.47 Å². The predicted octanol–water partition coefficient (Wildman–Crippen LogP) is -1.30. The monoisotopic (exact) mass is 332 g/mol. The highest BCUT2D eigenvalue weighted by Crippen LogP contribution is 2.54. The zero-order chi connectivity index (χ0) is 16.8. The third-order valence-corrected chi connectivity index (χ3v) is 5.78. The fourth-order valence-corrected chi connectivity index (χ4v) is 4.31. The molecule has 2 aliphatic heterocycles. The van der Waals surface area contributed by atoms with Crippen LogP contribution in [0.4, 0.5) is 0 Å². The fourth-order valence-electron chi connectivity index (χ4n) is 4.31. The van der Waals surface area contributed by atoms with E-state index in [0.29, 0.717) is 12.8 Å². The Morgan fingerprint density at radius 3 is 2.57 bits per heavy atom. The minimum Gasteiger partial charge on any atom is -0.481 e. The molecule has 0 aromatic rings. The summed E-state index contributed by atoms with van der Waals surface area (Å²) in [7, 11) is 0. The topological polar surface area (TPSA) is 137 Å². The summed E-state index contributed by atoms with van der Waals surface area (Å²) in [6.07, 6.45) is -0.488. The Kier molecular flexibility index (Phi) is 4.41. The molecule has 1 spiro atoms.